The molecule has 1 amide bonds. The quantitative estimate of drug-likeness (QED) is 0.421. The van der Waals surface area contributed by atoms with Crippen LogP contribution in [0.15, 0.2) is 48.7 Å². The highest BCUT2D eigenvalue weighted by molar-refractivity contribution is 6.04. The summed E-state index contributed by atoms with van der Waals surface area (Å²) in [7, 11) is 0. The maximum Gasteiger partial charge on any atom is 0.416 e. The summed E-state index contributed by atoms with van der Waals surface area (Å²) in [6.07, 6.45) is -2.27. The molecule has 0 aliphatic heterocycles. The van der Waals surface area contributed by atoms with Crippen LogP contribution in [0, 0.1) is 12.3 Å². The third kappa shape index (κ3) is 5.90. The zero-order valence-electron chi connectivity index (χ0n) is 19.9. The number of aryl methyl sites for hydroxylation is 1. The first-order chi connectivity index (χ1) is 16.3. The molecule has 6 nitrogen and oxygen atoms in total. The van der Waals surface area contributed by atoms with Crippen LogP contribution in [0.4, 0.5) is 13.2 Å². The summed E-state index contributed by atoms with van der Waals surface area (Å²) in [5.74, 6) is -1.62. The van der Waals surface area contributed by atoms with Gasteiger partial charge in [-0.05, 0) is 60.2 Å². The predicted octanol–water partition coefficient (Wildman–Crippen LogP) is 5.76. The number of alkyl halides is 3. The van der Waals surface area contributed by atoms with Gasteiger partial charge < -0.3 is 15.2 Å². The molecular weight excluding hydrogens is 461 g/mol. The van der Waals surface area contributed by atoms with E-state index >= 15 is 0 Å². The maximum absolute atomic E-state index is 13.2. The molecule has 0 spiro atoms. The number of pyridine rings is 1. The number of nitrogens with zero attached hydrogens (tertiary/aromatic N) is 1. The van der Waals surface area contributed by atoms with Crippen molar-refractivity contribution >= 4 is 22.8 Å². The molecule has 186 valence electrons. The van der Waals surface area contributed by atoms with Crippen LogP contribution in [-0.4, -0.2) is 28.0 Å². The first kappa shape index (κ1) is 26.0. The maximum atomic E-state index is 13.2. The van der Waals surface area contributed by atoms with Crippen LogP contribution in [0.25, 0.3) is 10.9 Å². The van der Waals surface area contributed by atoms with Crippen molar-refractivity contribution in [2.45, 2.75) is 52.9 Å². The molecule has 0 saturated heterocycles. The number of fused-ring (bicyclic) bond motifs is 1. The molecule has 3 rings (SSSR count). The van der Waals surface area contributed by atoms with Gasteiger partial charge in [-0.1, -0.05) is 32.9 Å². The average molecular weight is 489 g/mol. The Hall–Kier alpha value is -3.62. The molecule has 0 saturated carbocycles. The molecule has 0 aliphatic rings. The fourth-order valence-corrected chi connectivity index (χ4v) is 3.56. The smallest absolute Gasteiger partial charge is 0.416 e. The predicted molar refractivity (Wildman–Crippen MR) is 125 cm³/mol. The van der Waals surface area contributed by atoms with E-state index in [9.17, 15) is 27.9 Å². The van der Waals surface area contributed by atoms with E-state index in [1.54, 1.807) is 32.2 Å². The minimum atomic E-state index is -4.45. The Balaban J connectivity index is 1.98. The van der Waals surface area contributed by atoms with Crippen LogP contribution < -0.4 is 10.1 Å². The number of hydrogen-bond acceptors (Lipinski definition) is 4. The van der Waals surface area contributed by atoms with E-state index in [4.69, 9.17) is 4.74 Å². The van der Waals surface area contributed by atoms with Crippen molar-refractivity contribution < 1.29 is 32.6 Å². The minimum Gasteiger partial charge on any atom is -0.487 e. The highest BCUT2D eigenvalue weighted by Gasteiger charge is 2.36. The molecule has 0 bridgehead atoms. The van der Waals surface area contributed by atoms with Gasteiger partial charge in [0.2, 0.25) is 0 Å². The van der Waals surface area contributed by atoms with Crippen LogP contribution in [0.1, 0.15) is 54.2 Å². The van der Waals surface area contributed by atoms with Crippen molar-refractivity contribution in [2.75, 3.05) is 0 Å². The summed E-state index contributed by atoms with van der Waals surface area (Å²) >= 11 is 0. The Kier molecular flexibility index (Phi) is 7.38. The molecule has 1 aromatic heterocycles. The van der Waals surface area contributed by atoms with Gasteiger partial charge in [-0.25, -0.2) is 4.79 Å². The lowest BCUT2D eigenvalue weighted by atomic mass is 9.81. The SMILES string of the molecule is CCC(C)(C)[C@H](NC(=O)c1ccc2ncc(C)cc2c1OCc1ccc(C(F)(F)F)cc1)C(=O)O. The largest absolute Gasteiger partial charge is 0.487 e. The van der Waals surface area contributed by atoms with E-state index < -0.39 is 35.1 Å². The summed E-state index contributed by atoms with van der Waals surface area (Å²) in [5.41, 5.74) is 0.456. The number of aromatic nitrogens is 1. The molecule has 0 aliphatic carbocycles. The Bertz CT molecular complexity index is 1240. The Morgan fingerprint density at radius 2 is 1.77 bits per heavy atom. The van der Waals surface area contributed by atoms with Crippen molar-refractivity contribution in [1.29, 1.82) is 0 Å². The van der Waals surface area contributed by atoms with Gasteiger partial charge in [0.15, 0.2) is 0 Å². The standard InChI is InChI=1S/C26H27F3N2O4/c1-5-25(3,4)22(24(33)34)31-23(32)18-10-11-20-19(12-15(2)13-30-20)21(18)35-14-16-6-8-17(9-7-16)26(27,28)29/h6-13,22H,5,14H2,1-4H3,(H,31,32)(H,33,34)/t22-/m1/s1. The Labute approximate surface area is 201 Å². The van der Waals surface area contributed by atoms with Crippen LogP contribution in [0.2, 0.25) is 0 Å². The van der Waals surface area contributed by atoms with Crippen LogP contribution >= 0.6 is 0 Å². The van der Waals surface area contributed by atoms with Crippen LogP contribution in [-0.2, 0) is 17.6 Å². The zero-order chi connectivity index (χ0) is 26.0. The number of amides is 1. The topological polar surface area (TPSA) is 88.5 Å². The molecule has 2 N–H and O–H groups in total. The highest BCUT2D eigenvalue weighted by atomic mass is 19.4. The Morgan fingerprint density at radius 3 is 2.34 bits per heavy atom. The van der Waals surface area contributed by atoms with E-state index in [1.165, 1.54) is 18.2 Å². The second-order valence-electron chi connectivity index (χ2n) is 9.09. The summed E-state index contributed by atoms with van der Waals surface area (Å²) < 4.78 is 44.6. The van der Waals surface area contributed by atoms with Crippen molar-refractivity contribution in [3.05, 3.63) is 70.9 Å². The summed E-state index contributed by atoms with van der Waals surface area (Å²) in [6, 6.07) is 8.31. The van der Waals surface area contributed by atoms with Crippen molar-refractivity contribution in [3.8, 4) is 5.75 Å². The first-order valence-electron chi connectivity index (χ1n) is 11.1. The molecule has 0 radical (unpaired) electrons. The lowest BCUT2D eigenvalue weighted by Gasteiger charge is -2.31. The monoisotopic (exact) mass is 488 g/mol. The highest BCUT2D eigenvalue weighted by Crippen LogP contribution is 2.33. The number of ether oxygens (including phenoxy) is 1. The third-order valence-electron chi connectivity index (χ3n) is 6.08. The number of nitrogens with one attached hydrogen (secondary N) is 1. The third-order valence-corrected chi connectivity index (χ3v) is 6.08. The number of benzene rings is 2. The normalized spacial score (nSPS) is 12.9. The number of hydrogen-bond donors (Lipinski definition) is 2. The molecule has 3 aromatic rings. The summed E-state index contributed by atoms with van der Waals surface area (Å²) in [5, 5.41) is 12.8. The molecule has 9 heteroatoms. The van der Waals surface area contributed by atoms with E-state index in [-0.39, 0.29) is 17.9 Å². The number of carboxylic acid groups (broad SMARTS) is 1. The molecule has 35 heavy (non-hydrogen) atoms. The van der Waals surface area contributed by atoms with Gasteiger partial charge in [0.25, 0.3) is 5.91 Å². The minimum absolute atomic E-state index is 0.103. The lowest BCUT2D eigenvalue weighted by molar-refractivity contribution is -0.142. The van der Waals surface area contributed by atoms with E-state index in [1.807, 2.05) is 13.8 Å². The van der Waals surface area contributed by atoms with E-state index in [0.717, 1.165) is 17.7 Å². The van der Waals surface area contributed by atoms with Gasteiger partial charge in [0, 0.05) is 11.6 Å². The van der Waals surface area contributed by atoms with E-state index in [2.05, 4.69) is 10.3 Å². The zero-order valence-corrected chi connectivity index (χ0v) is 19.9. The average Bonchev–Trinajstić information content (AvgIpc) is 2.80. The van der Waals surface area contributed by atoms with Gasteiger partial charge in [-0.15, -0.1) is 0 Å². The van der Waals surface area contributed by atoms with Gasteiger partial charge in [0.1, 0.15) is 18.4 Å². The summed E-state index contributed by atoms with van der Waals surface area (Å²) in [4.78, 5) is 29.5. The number of carbonyl (C=O) groups excluding carboxylic acids is 1. The molecule has 1 atom stereocenters. The van der Waals surface area contributed by atoms with Crippen LogP contribution in [0.5, 0.6) is 5.75 Å². The number of aliphatic carboxylic acids is 1. The van der Waals surface area contributed by atoms with Crippen LogP contribution in [0.3, 0.4) is 0 Å². The summed E-state index contributed by atoms with van der Waals surface area (Å²) in [6.45, 7) is 7.06. The molecule has 0 fully saturated rings. The van der Waals surface area contributed by atoms with Gasteiger partial charge >= 0.3 is 12.1 Å². The molecule has 1 heterocycles. The first-order valence-corrected chi connectivity index (χ1v) is 11.1. The van der Waals surface area contributed by atoms with Gasteiger partial charge in [0.05, 0.1) is 16.6 Å². The fourth-order valence-electron chi connectivity index (χ4n) is 3.56. The lowest BCUT2D eigenvalue weighted by Crippen LogP contribution is -2.50. The van der Waals surface area contributed by atoms with Crippen molar-refractivity contribution in [2.24, 2.45) is 5.41 Å². The molecular formula is C26H27F3N2O4. The fraction of sp³-hybridized carbons (Fsp3) is 0.346. The van der Waals surface area contributed by atoms with E-state index in [0.29, 0.717) is 22.9 Å². The molecule has 2 aromatic carbocycles. The number of carbonyl (C=O) groups is 2. The Morgan fingerprint density at radius 1 is 1.11 bits per heavy atom. The van der Waals surface area contributed by atoms with Crippen molar-refractivity contribution in [1.82, 2.24) is 10.3 Å². The second-order valence-corrected chi connectivity index (χ2v) is 9.09. The van der Waals surface area contributed by atoms with Gasteiger partial charge in [-0.2, -0.15) is 13.2 Å². The number of rotatable bonds is 8. The van der Waals surface area contributed by atoms with Crippen molar-refractivity contribution in [3.63, 3.8) is 0 Å². The number of halogens is 3. The molecule has 0 unspecified atom stereocenters. The number of carboxylic acids is 1. The van der Waals surface area contributed by atoms with Gasteiger partial charge in [-0.3, -0.25) is 9.78 Å². The second kappa shape index (κ2) is 9.93.